The van der Waals surface area contributed by atoms with E-state index in [2.05, 4.69) is 67.6 Å². The van der Waals surface area contributed by atoms with Crippen LogP contribution in [0.25, 0.3) is 10.9 Å². The van der Waals surface area contributed by atoms with Crippen molar-refractivity contribution in [2.24, 2.45) is 13.0 Å². The molecular formula is C23H26N2O. The van der Waals surface area contributed by atoms with E-state index >= 15 is 0 Å². The van der Waals surface area contributed by atoms with Crippen molar-refractivity contribution in [3.63, 3.8) is 0 Å². The molecule has 0 unspecified atom stereocenters. The minimum atomic E-state index is 0.00329. The lowest BCUT2D eigenvalue weighted by atomic mass is 9.95. The third-order valence-electron chi connectivity index (χ3n) is 5.73. The van der Waals surface area contributed by atoms with Crippen molar-refractivity contribution in [3.05, 3.63) is 70.9 Å². The predicted octanol–water partition coefficient (Wildman–Crippen LogP) is 5.08. The Kier molecular flexibility index (Phi) is 4.10. The van der Waals surface area contributed by atoms with Gasteiger partial charge in [-0.3, -0.25) is 4.79 Å². The molecule has 4 rings (SSSR count). The summed E-state index contributed by atoms with van der Waals surface area (Å²) in [6.07, 6.45) is 1.01. The number of hydrogen-bond acceptors (Lipinski definition) is 1. The molecule has 1 amide bonds. The highest BCUT2D eigenvalue weighted by atomic mass is 16.2. The van der Waals surface area contributed by atoms with E-state index in [1.807, 2.05) is 18.2 Å². The van der Waals surface area contributed by atoms with Crippen LogP contribution in [0.15, 0.2) is 48.5 Å². The highest BCUT2D eigenvalue weighted by molar-refractivity contribution is 6.01. The molecule has 3 aromatic rings. The summed E-state index contributed by atoms with van der Waals surface area (Å²) in [7, 11) is 2.11. The summed E-state index contributed by atoms with van der Waals surface area (Å²) < 4.78 is 2.25. The molecule has 3 nitrogen and oxygen atoms in total. The lowest BCUT2D eigenvalue weighted by Crippen LogP contribution is -2.30. The van der Waals surface area contributed by atoms with E-state index in [4.69, 9.17) is 0 Å². The summed E-state index contributed by atoms with van der Waals surface area (Å²) >= 11 is 0. The monoisotopic (exact) mass is 346 g/mol. The molecular weight excluding hydrogens is 320 g/mol. The van der Waals surface area contributed by atoms with Gasteiger partial charge >= 0.3 is 0 Å². The number of hydrogen-bond donors (Lipinski definition) is 0. The smallest absolute Gasteiger partial charge is 0.255 e. The summed E-state index contributed by atoms with van der Waals surface area (Å²) in [5.41, 5.74) is 5.72. The van der Waals surface area contributed by atoms with E-state index in [-0.39, 0.29) is 11.9 Å². The second-order valence-corrected chi connectivity index (χ2v) is 7.75. The lowest BCUT2D eigenvalue weighted by molar-refractivity contribution is 0.0742. The Morgan fingerprint density at radius 1 is 1.04 bits per heavy atom. The molecule has 0 bridgehead atoms. The van der Waals surface area contributed by atoms with E-state index in [1.165, 1.54) is 22.2 Å². The number of fused-ring (bicyclic) bond motifs is 2. The first-order valence-electron chi connectivity index (χ1n) is 9.44. The van der Waals surface area contributed by atoms with Gasteiger partial charge in [0.1, 0.15) is 0 Å². The first-order chi connectivity index (χ1) is 12.5. The molecule has 0 saturated carbocycles. The molecule has 1 atom stereocenters. The molecule has 2 heterocycles. The Balaban J connectivity index is 1.93. The molecule has 1 aliphatic heterocycles. The van der Waals surface area contributed by atoms with Crippen LogP contribution in [0, 0.1) is 12.8 Å². The molecule has 0 aliphatic carbocycles. The quantitative estimate of drug-likeness (QED) is 0.647. The van der Waals surface area contributed by atoms with Crippen LogP contribution in [0.4, 0.5) is 0 Å². The maximum atomic E-state index is 13.2. The number of aromatic nitrogens is 1. The molecule has 0 fully saturated rings. The molecule has 0 spiro atoms. The van der Waals surface area contributed by atoms with Crippen LogP contribution in [-0.2, 0) is 7.05 Å². The topological polar surface area (TPSA) is 25.2 Å². The highest BCUT2D eigenvalue weighted by Gasteiger charge is 2.39. The summed E-state index contributed by atoms with van der Waals surface area (Å²) in [5, 5.41) is 1.25. The zero-order valence-electron chi connectivity index (χ0n) is 16.0. The molecule has 1 aliphatic rings. The number of aryl methyl sites for hydroxylation is 1. The maximum Gasteiger partial charge on any atom is 0.255 e. The van der Waals surface area contributed by atoms with Crippen molar-refractivity contribution in [2.75, 3.05) is 6.54 Å². The van der Waals surface area contributed by atoms with Crippen LogP contribution in [0.3, 0.4) is 0 Å². The molecule has 134 valence electrons. The van der Waals surface area contributed by atoms with Gasteiger partial charge in [0, 0.05) is 41.3 Å². The van der Waals surface area contributed by atoms with Crippen molar-refractivity contribution in [2.45, 2.75) is 33.2 Å². The summed E-state index contributed by atoms with van der Waals surface area (Å²) in [6, 6.07) is 16.6. The maximum absolute atomic E-state index is 13.2. The van der Waals surface area contributed by atoms with Gasteiger partial charge in [-0.25, -0.2) is 0 Å². The Morgan fingerprint density at radius 2 is 1.73 bits per heavy atom. The van der Waals surface area contributed by atoms with Crippen LogP contribution >= 0.6 is 0 Å². The van der Waals surface area contributed by atoms with Crippen LogP contribution in [0.2, 0.25) is 0 Å². The van der Waals surface area contributed by atoms with Gasteiger partial charge in [-0.2, -0.15) is 0 Å². The Bertz CT molecular complexity index is 983. The average Bonchev–Trinajstić information content (AvgIpc) is 3.05. The van der Waals surface area contributed by atoms with Gasteiger partial charge in [0.25, 0.3) is 5.91 Å². The fraction of sp³-hybridized carbons (Fsp3) is 0.348. The second kappa shape index (κ2) is 6.31. The Hall–Kier alpha value is -2.55. The summed E-state index contributed by atoms with van der Waals surface area (Å²) in [4.78, 5) is 15.2. The molecule has 0 radical (unpaired) electrons. The van der Waals surface area contributed by atoms with Gasteiger partial charge in [0.2, 0.25) is 0 Å². The minimum Gasteiger partial charge on any atom is -0.348 e. The van der Waals surface area contributed by atoms with Crippen molar-refractivity contribution in [1.29, 1.82) is 0 Å². The summed E-state index contributed by atoms with van der Waals surface area (Å²) in [5.74, 6) is 0.736. The highest BCUT2D eigenvalue weighted by Crippen LogP contribution is 2.43. The van der Waals surface area contributed by atoms with E-state index in [1.54, 1.807) is 0 Å². The third kappa shape index (κ3) is 2.45. The number of amides is 1. The third-order valence-corrected chi connectivity index (χ3v) is 5.73. The Labute approximate surface area is 155 Å². The molecule has 2 aromatic carbocycles. The average molecular weight is 346 g/mol. The van der Waals surface area contributed by atoms with Gasteiger partial charge in [0.15, 0.2) is 0 Å². The first kappa shape index (κ1) is 16.9. The van der Waals surface area contributed by atoms with Crippen molar-refractivity contribution in [1.82, 2.24) is 9.47 Å². The molecule has 3 heteroatoms. The largest absolute Gasteiger partial charge is 0.348 e. The van der Waals surface area contributed by atoms with Crippen LogP contribution in [0.5, 0.6) is 0 Å². The Morgan fingerprint density at radius 3 is 2.50 bits per heavy atom. The predicted molar refractivity (Wildman–Crippen MR) is 106 cm³/mol. The number of rotatable bonds is 4. The number of nitrogens with zero attached hydrogens (tertiary/aromatic N) is 2. The standard InChI is InChI=1S/C23H26N2O/c1-15(2)13-14-25-22(17-9-5-6-10-18(17)23(25)26)21-16(3)24(4)20-12-8-7-11-19(20)21/h5-12,15,22H,13-14H2,1-4H3/t22-/m1/s1. The van der Waals surface area contributed by atoms with Gasteiger partial charge in [-0.1, -0.05) is 50.2 Å². The number of benzene rings is 2. The lowest BCUT2D eigenvalue weighted by Gasteiger charge is -2.27. The van der Waals surface area contributed by atoms with Gasteiger partial charge in [0.05, 0.1) is 6.04 Å². The van der Waals surface area contributed by atoms with Crippen LogP contribution in [0.1, 0.15) is 53.5 Å². The van der Waals surface area contributed by atoms with Crippen molar-refractivity contribution < 1.29 is 4.79 Å². The number of para-hydroxylation sites is 1. The zero-order chi connectivity index (χ0) is 18.4. The zero-order valence-corrected chi connectivity index (χ0v) is 16.0. The normalized spacial score (nSPS) is 16.7. The fourth-order valence-corrected chi connectivity index (χ4v) is 4.20. The number of carbonyl (C=O) groups is 1. The van der Waals surface area contributed by atoms with E-state index in [9.17, 15) is 4.79 Å². The van der Waals surface area contributed by atoms with E-state index in [0.717, 1.165) is 24.1 Å². The van der Waals surface area contributed by atoms with Crippen molar-refractivity contribution >= 4 is 16.8 Å². The molecule has 1 aromatic heterocycles. The molecule has 0 saturated heterocycles. The SMILES string of the molecule is Cc1c([C@H]2c3ccccc3C(=O)N2CCC(C)C)c2ccccc2n1C. The van der Waals surface area contributed by atoms with Crippen LogP contribution < -0.4 is 0 Å². The van der Waals surface area contributed by atoms with E-state index < -0.39 is 0 Å². The van der Waals surface area contributed by atoms with Crippen LogP contribution in [-0.4, -0.2) is 21.9 Å². The van der Waals surface area contributed by atoms with Gasteiger partial charge in [-0.15, -0.1) is 0 Å². The molecule has 0 N–H and O–H groups in total. The minimum absolute atomic E-state index is 0.00329. The van der Waals surface area contributed by atoms with Gasteiger partial charge < -0.3 is 9.47 Å². The molecule has 26 heavy (non-hydrogen) atoms. The first-order valence-corrected chi connectivity index (χ1v) is 9.44. The number of carbonyl (C=O) groups excluding carboxylic acids is 1. The second-order valence-electron chi connectivity index (χ2n) is 7.75. The fourth-order valence-electron chi connectivity index (χ4n) is 4.20. The van der Waals surface area contributed by atoms with Gasteiger partial charge in [-0.05, 0) is 37.0 Å². The summed E-state index contributed by atoms with van der Waals surface area (Å²) in [6.45, 7) is 7.39. The van der Waals surface area contributed by atoms with Crippen molar-refractivity contribution in [3.8, 4) is 0 Å². The van der Waals surface area contributed by atoms with E-state index in [0.29, 0.717) is 5.92 Å².